The molecule has 1 nitrogen and oxygen atoms in total. The van der Waals surface area contributed by atoms with Crippen LogP contribution in [0.2, 0.25) is 0 Å². The minimum atomic E-state index is 0.274. The van der Waals surface area contributed by atoms with Crippen LogP contribution in [-0.4, -0.2) is 4.57 Å². The Morgan fingerprint density at radius 3 is 1.83 bits per heavy atom. The molecule has 0 saturated heterocycles. The van der Waals surface area contributed by atoms with E-state index in [4.69, 9.17) is 0 Å². The van der Waals surface area contributed by atoms with Gasteiger partial charge in [0.2, 0.25) is 0 Å². The van der Waals surface area contributed by atoms with Crippen molar-refractivity contribution < 1.29 is 0 Å². The van der Waals surface area contributed by atoms with E-state index in [2.05, 4.69) is 52.3 Å². The van der Waals surface area contributed by atoms with Gasteiger partial charge in [0.05, 0.1) is 0 Å². The fourth-order valence-electron chi connectivity index (χ4n) is 1.61. The van der Waals surface area contributed by atoms with E-state index >= 15 is 0 Å². The fourth-order valence-corrected chi connectivity index (χ4v) is 1.61. The maximum absolute atomic E-state index is 2.29. The first-order chi connectivity index (χ1) is 5.34. The molecule has 0 spiro atoms. The van der Waals surface area contributed by atoms with E-state index in [1.807, 2.05) is 0 Å². The largest absolute Gasteiger partial charge is 0.352 e. The van der Waals surface area contributed by atoms with Gasteiger partial charge in [-0.25, -0.2) is 0 Å². The minimum Gasteiger partial charge on any atom is -0.352 e. The maximum Gasteiger partial charge on any atom is 0.0180 e. The Bertz CT molecular complexity index is 287. The van der Waals surface area contributed by atoms with Gasteiger partial charge in [0.1, 0.15) is 0 Å². The van der Waals surface area contributed by atoms with Crippen molar-refractivity contribution in [3.63, 3.8) is 0 Å². The molecule has 0 radical (unpaired) electrons. The van der Waals surface area contributed by atoms with Gasteiger partial charge in [-0.3, -0.25) is 0 Å². The van der Waals surface area contributed by atoms with Gasteiger partial charge in [-0.05, 0) is 30.9 Å². The number of hydrogen-bond donors (Lipinski definition) is 0. The number of nitrogens with zero attached hydrogens (tertiary/aromatic N) is 1. The summed E-state index contributed by atoms with van der Waals surface area (Å²) in [5.74, 6) is 0. The van der Waals surface area contributed by atoms with Crippen LogP contribution < -0.4 is 0 Å². The van der Waals surface area contributed by atoms with Gasteiger partial charge < -0.3 is 4.57 Å². The van der Waals surface area contributed by atoms with Gasteiger partial charge in [0.15, 0.2) is 0 Å². The van der Waals surface area contributed by atoms with E-state index in [9.17, 15) is 0 Å². The van der Waals surface area contributed by atoms with Crippen LogP contribution in [0.15, 0.2) is 6.07 Å². The molecule has 0 unspecified atom stereocenters. The van der Waals surface area contributed by atoms with Gasteiger partial charge in [-0.1, -0.05) is 20.8 Å². The number of rotatable bonds is 0. The molecule has 12 heavy (non-hydrogen) atoms. The zero-order valence-electron chi connectivity index (χ0n) is 9.02. The Hall–Kier alpha value is -0.720. The number of hydrogen-bond acceptors (Lipinski definition) is 0. The third-order valence-electron chi connectivity index (χ3n) is 2.58. The highest BCUT2D eigenvalue weighted by Gasteiger charge is 2.18. The van der Waals surface area contributed by atoms with Crippen LogP contribution in [0, 0.1) is 13.8 Å². The van der Waals surface area contributed by atoms with Crippen LogP contribution in [0.3, 0.4) is 0 Å². The van der Waals surface area contributed by atoms with Crippen molar-refractivity contribution >= 4 is 0 Å². The lowest BCUT2D eigenvalue weighted by atomic mass is 9.87. The van der Waals surface area contributed by atoms with Gasteiger partial charge in [-0.2, -0.15) is 0 Å². The molecule has 0 saturated carbocycles. The molecule has 1 aromatic heterocycles. The van der Waals surface area contributed by atoms with Crippen LogP contribution in [0.1, 0.15) is 37.7 Å². The molecule has 0 aliphatic heterocycles. The molecular weight excluding hydrogens is 146 g/mol. The Balaban J connectivity index is 3.28. The van der Waals surface area contributed by atoms with Gasteiger partial charge in [0.25, 0.3) is 0 Å². The quantitative estimate of drug-likeness (QED) is 0.557. The summed E-state index contributed by atoms with van der Waals surface area (Å²) in [6, 6.07) is 2.29. The average Bonchev–Trinajstić information content (AvgIpc) is 2.15. The second kappa shape index (κ2) is 2.65. The molecule has 1 rings (SSSR count). The fraction of sp³-hybridized carbons (Fsp3) is 0.636. The van der Waals surface area contributed by atoms with Crippen LogP contribution >= 0.6 is 0 Å². The van der Waals surface area contributed by atoms with Crippen LogP contribution in [0.5, 0.6) is 0 Å². The summed E-state index contributed by atoms with van der Waals surface area (Å²) in [6.45, 7) is 11.1. The molecular formula is C11H19N. The predicted octanol–water partition coefficient (Wildman–Crippen LogP) is 2.94. The van der Waals surface area contributed by atoms with Crippen LogP contribution in [0.25, 0.3) is 0 Å². The average molecular weight is 165 g/mol. The Labute approximate surface area is 75.4 Å². The molecule has 0 fully saturated rings. The van der Waals surface area contributed by atoms with E-state index in [1.54, 1.807) is 0 Å². The molecule has 1 heterocycles. The van der Waals surface area contributed by atoms with Crippen molar-refractivity contribution in [3.05, 3.63) is 23.0 Å². The first-order valence-corrected chi connectivity index (χ1v) is 4.47. The normalized spacial score (nSPS) is 12.2. The van der Waals surface area contributed by atoms with E-state index in [1.165, 1.54) is 17.0 Å². The van der Waals surface area contributed by atoms with Crippen molar-refractivity contribution in [2.24, 2.45) is 7.05 Å². The van der Waals surface area contributed by atoms with E-state index in [0.29, 0.717) is 0 Å². The van der Waals surface area contributed by atoms with E-state index < -0.39 is 0 Å². The summed E-state index contributed by atoms with van der Waals surface area (Å²) in [5, 5.41) is 0. The second-order valence-corrected chi connectivity index (χ2v) is 4.59. The van der Waals surface area contributed by atoms with Crippen molar-refractivity contribution in [2.45, 2.75) is 40.0 Å². The molecule has 68 valence electrons. The lowest BCUT2D eigenvalue weighted by Gasteiger charge is -2.18. The molecule has 0 amide bonds. The van der Waals surface area contributed by atoms with E-state index in [0.717, 1.165) is 0 Å². The summed E-state index contributed by atoms with van der Waals surface area (Å²) in [6.07, 6.45) is 0. The Kier molecular flexibility index (Phi) is 2.07. The first-order valence-electron chi connectivity index (χ1n) is 4.47. The molecule has 0 aliphatic carbocycles. The maximum atomic E-state index is 2.29. The van der Waals surface area contributed by atoms with E-state index in [-0.39, 0.29) is 5.41 Å². The Morgan fingerprint density at radius 1 is 1.17 bits per heavy atom. The Morgan fingerprint density at radius 2 is 1.67 bits per heavy atom. The molecule has 1 heteroatoms. The van der Waals surface area contributed by atoms with Crippen molar-refractivity contribution in [1.29, 1.82) is 0 Å². The molecule has 0 N–H and O–H groups in total. The zero-order chi connectivity index (χ0) is 9.52. The van der Waals surface area contributed by atoms with Crippen molar-refractivity contribution in [2.75, 3.05) is 0 Å². The van der Waals surface area contributed by atoms with Gasteiger partial charge in [0, 0.05) is 18.4 Å². The summed E-state index contributed by atoms with van der Waals surface area (Å²) >= 11 is 0. The van der Waals surface area contributed by atoms with Crippen molar-refractivity contribution in [3.8, 4) is 0 Å². The van der Waals surface area contributed by atoms with Gasteiger partial charge >= 0.3 is 0 Å². The number of aryl methyl sites for hydroxylation is 1. The summed E-state index contributed by atoms with van der Waals surface area (Å²) in [7, 11) is 2.12. The third kappa shape index (κ3) is 1.40. The minimum absolute atomic E-state index is 0.274. The SMILES string of the molecule is Cc1cc(C(C)(C)C)c(C)n1C. The standard InChI is InChI=1S/C11H19N/c1-8-7-10(11(3,4)5)9(2)12(8)6/h7H,1-6H3. The van der Waals surface area contributed by atoms with Gasteiger partial charge in [-0.15, -0.1) is 0 Å². The second-order valence-electron chi connectivity index (χ2n) is 4.59. The highest BCUT2D eigenvalue weighted by Crippen LogP contribution is 2.27. The predicted molar refractivity (Wildman–Crippen MR) is 53.6 cm³/mol. The van der Waals surface area contributed by atoms with Crippen LogP contribution in [-0.2, 0) is 12.5 Å². The third-order valence-corrected chi connectivity index (χ3v) is 2.58. The number of aromatic nitrogens is 1. The van der Waals surface area contributed by atoms with Crippen LogP contribution in [0.4, 0.5) is 0 Å². The molecule has 0 aliphatic rings. The molecule has 0 bridgehead atoms. The van der Waals surface area contributed by atoms with Crippen molar-refractivity contribution in [1.82, 2.24) is 4.57 Å². The first kappa shape index (κ1) is 9.37. The highest BCUT2D eigenvalue weighted by molar-refractivity contribution is 5.32. The summed E-state index contributed by atoms with van der Waals surface area (Å²) in [5.41, 5.74) is 4.47. The monoisotopic (exact) mass is 165 g/mol. The summed E-state index contributed by atoms with van der Waals surface area (Å²) in [4.78, 5) is 0. The molecule has 1 aromatic rings. The zero-order valence-corrected chi connectivity index (χ0v) is 9.02. The lowest BCUT2D eigenvalue weighted by molar-refractivity contribution is 0.583. The lowest BCUT2D eigenvalue weighted by Crippen LogP contribution is -2.12. The summed E-state index contributed by atoms with van der Waals surface area (Å²) < 4.78 is 2.25. The molecule has 0 atom stereocenters. The molecule has 0 aromatic carbocycles. The smallest absolute Gasteiger partial charge is 0.0180 e. The highest BCUT2D eigenvalue weighted by atomic mass is 14.9. The topological polar surface area (TPSA) is 4.93 Å².